The molecule has 0 aliphatic rings. The van der Waals surface area contributed by atoms with Gasteiger partial charge >= 0.3 is 5.91 Å². The van der Waals surface area contributed by atoms with Crippen molar-refractivity contribution >= 4 is 22.5 Å². The van der Waals surface area contributed by atoms with E-state index in [4.69, 9.17) is 9.47 Å². The van der Waals surface area contributed by atoms with E-state index in [1.165, 1.54) is 0 Å². The highest BCUT2D eigenvalue weighted by Gasteiger charge is 2.18. The van der Waals surface area contributed by atoms with Gasteiger partial charge in [-0.1, -0.05) is 73.9 Å². The maximum atomic E-state index is 12.3. The molecule has 0 aliphatic heterocycles. The maximum absolute atomic E-state index is 12.3. The van der Waals surface area contributed by atoms with E-state index < -0.39 is 5.91 Å². The molecule has 1 aromatic heterocycles. The van der Waals surface area contributed by atoms with Crippen molar-refractivity contribution in [1.29, 1.82) is 0 Å². The SMILES string of the molecule is CCCCCOc1ccccc1Cn1c(O)c(N=NC(=O)COc2ccc(C)cc2)c2ccccc21. The average molecular weight is 486 g/mol. The van der Waals surface area contributed by atoms with Crippen molar-refractivity contribution in [3.8, 4) is 17.4 Å². The lowest BCUT2D eigenvalue weighted by molar-refractivity contribution is -0.120. The third-order valence-corrected chi connectivity index (χ3v) is 5.87. The van der Waals surface area contributed by atoms with Crippen LogP contribution in [0.25, 0.3) is 10.9 Å². The van der Waals surface area contributed by atoms with Crippen LogP contribution in [0.15, 0.2) is 83.0 Å². The summed E-state index contributed by atoms with van der Waals surface area (Å²) < 4.78 is 13.3. The summed E-state index contributed by atoms with van der Waals surface area (Å²) in [5, 5.41) is 19.7. The molecule has 0 saturated heterocycles. The molecule has 1 amide bonds. The number of hydrogen-bond acceptors (Lipinski definition) is 5. The number of unbranched alkanes of at least 4 members (excludes halogenated alkanes) is 2. The number of benzene rings is 3. The van der Waals surface area contributed by atoms with Gasteiger partial charge in [0, 0.05) is 10.9 Å². The lowest BCUT2D eigenvalue weighted by Gasteiger charge is -2.13. The van der Waals surface area contributed by atoms with Crippen molar-refractivity contribution in [2.45, 2.75) is 39.7 Å². The third kappa shape index (κ3) is 6.10. The number of aromatic hydroxyl groups is 1. The molecule has 0 unspecified atom stereocenters. The van der Waals surface area contributed by atoms with E-state index in [-0.39, 0.29) is 18.2 Å². The zero-order chi connectivity index (χ0) is 25.3. The highest BCUT2D eigenvalue weighted by atomic mass is 16.5. The fourth-order valence-electron chi connectivity index (χ4n) is 3.92. The molecule has 4 aromatic rings. The fraction of sp³-hybridized carbons (Fsp3) is 0.276. The van der Waals surface area contributed by atoms with Crippen LogP contribution in [-0.2, 0) is 11.3 Å². The summed E-state index contributed by atoms with van der Waals surface area (Å²) in [7, 11) is 0. The molecule has 0 saturated carbocycles. The highest BCUT2D eigenvalue weighted by molar-refractivity contribution is 5.95. The van der Waals surface area contributed by atoms with E-state index in [9.17, 15) is 9.90 Å². The molecule has 0 atom stereocenters. The largest absolute Gasteiger partial charge is 0.493 e. The van der Waals surface area contributed by atoms with Crippen molar-refractivity contribution in [3.05, 3.63) is 83.9 Å². The molecule has 4 rings (SSSR count). The monoisotopic (exact) mass is 485 g/mol. The molecule has 36 heavy (non-hydrogen) atoms. The van der Waals surface area contributed by atoms with Gasteiger partial charge in [0.2, 0.25) is 5.88 Å². The van der Waals surface area contributed by atoms with Crippen LogP contribution in [-0.4, -0.2) is 28.8 Å². The van der Waals surface area contributed by atoms with E-state index in [0.29, 0.717) is 24.3 Å². The minimum Gasteiger partial charge on any atom is -0.493 e. The van der Waals surface area contributed by atoms with Crippen LogP contribution in [0, 0.1) is 6.92 Å². The third-order valence-electron chi connectivity index (χ3n) is 5.87. The quantitative estimate of drug-likeness (QED) is 0.184. The van der Waals surface area contributed by atoms with Crippen molar-refractivity contribution in [1.82, 2.24) is 4.57 Å². The number of rotatable bonds is 11. The molecule has 0 aliphatic carbocycles. The van der Waals surface area contributed by atoms with Crippen molar-refractivity contribution in [2.75, 3.05) is 13.2 Å². The number of fused-ring (bicyclic) bond motifs is 1. The number of aromatic nitrogens is 1. The molecular weight excluding hydrogens is 454 g/mol. The highest BCUT2D eigenvalue weighted by Crippen LogP contribution is 2.39. The summed E-state index contributed by atoms with van der Waals surface area (Å²) in [6, 6.07) is 22.7. The van der Waals surface area contributed by atoms with E-state index in [1.54, 1.807) is 16.7 Å². The van der Waals surface area contributed by atoms with Gasteiger partial charge in [-0.3, -0.25) is 4.79 Å². The van der Waals surface area contributed by atoms with Crippen molar-refractivity contribution in [2.24, 2.45) is 10.2 Å². The predicted octanol–water partition coefficient (Wildman–Crippen LogP) is 6.96. The maximum Gasteiger partial charge on any atom is 0.302 e. The van der Waals surface area contributed by atoms with E-state index in [2.05, 4.69) is 17.2 Å². The van der Waals surface area contributed by atoms with Gasteiger partial charge in [-0.15, -0.1) is 10.2 Å². The van der Waals surface area contributed by atoms with E-state index >= 15 is 0 Å². The smallest absolute Gasteiger partial charge is 0.302 e. The van der Waals surface area contributed by atoms with Crippen LogP contribution in [0.5, 0.6) is 17.4 Å². The summed E-state index contributed by atoms with van der Waals surface area (Å²) in [6.07, 6.45) is 3.25. The molecule has 7 nitrogen and oxygen atoms in total. The molecule has 7 heteroatoms. The first-order chi connectivity index (χ1) is 17.6. The minimum absolute atomic E-state index is 0.0620. The number of azo groups is 1. The summed E-state index contributed by atoms with van der Waals surface area (Å²) >= 11 is 0. The summed E-state index contributed by atoms with van der Waals surface area (Å²) in [4.78, 5) is 12.3. The molecule has 1 heterocycles. The summed E-state index contributed by atoms with van der Waals surface area (Å²) in [5.41, 5.74) is 3.07. The number of carbonyl (C=O) groups is 1. The Morgan fingerprint density at radius 2 is 1.69 bits per heavy atom. The first-order valence-electron chi connectivity index (χ1n) is 12.2. The molecule has 1 N–H and O–H groups in total. The van der Waals surface area contributed by atoms with Gasteiger partial charge in [-0.25, -0.2) is 0 Å². The number of ether oxygens (including phenoxy) is 2. The minimum atomic E-state index is -0.544. The second-order valence-corrected chi connectivity index (χ2v) is 8.63. The van der Waals surface area contributed by atoms with Crippen LogP contribution in [0.2, 0.25) is 0 Å². The van der Waals surface area contributed by atoms with Gasteiger partial charge in [-0.05, 0) is 37.6 Å². The normalized spacial score (nSPS) is 11.3. The van der Waals surface area contributed by atoms with Crippen LogP contribution in [0.4, 0.5) is 5.69 Å². The van der Waals surface area contributed by atoms with Gasteiger partial charge in [0.05, 0.1) is 18.7 Å². The predicted molar refractivity (Wildman–Crippen MR) is 140 cm³/mol. The Morgan fingerprint density at radius 1 is 0.944 bits per heavy atom. The number of para-hydroxylation sites is 2. The molecule has 0 bridgehead atoms. The Kier molecular flexibility index (Phi) is 8.34. The second-order valence-electron chi connectivity index (χ2n) is 8.63. The van der Waals surface area contributed by atoms with Gasteiger partial charge in [0.25, 0.3) is 0 Å². The van der Waals surface area contributed by atoms with Gasteiger partial charge in [0.1, 0.15) is 11.5 Å². The van der Waals surface area contributed by atoms with Crippen molar-refractivity contribution in [3.63, 3.8) is 0 Å². The summed E-state index contributed by atoms with van der Waals surface area (Å²) in [5.74, 6) is 0.766. The molecule has 3 aromatic carbocycles. The lowest BCUT2D eigenvalue weighted by Crippen LogP contribution is -2.07. The van der Waals surface area contributed by atoms with Crippen molar-refractivity contribution < 1.29 is 19.4 Å². The molecule has 0 spiro atoms. The number of carbonyl (C=O) groups excluding carboxylic acids is 1. The standard InChI is InChI=1S/C29H31N3O4/c1-3-4-9-18-35-26-13-8-5-10-22(26)19-32-25-12-7-6-11-24(25)28(29(32)34)31-30-27(33)20-36-23-16-14-21(2)15-17-23/h5-8,10-17,34H,3-4,9,18-20H2,1-2H3. The Labute approximate surface area is 211 Å². The van der Waals surface area contributed by atoms with Crippen LogP contribution in [0.1, 0.15) is 37.3 Å². The number of nitrogens with zero attached hydrogens (tertiary/aromatic N) is 3. The first-order valence-corrected chi connectivity index (χ1v) is 12.2. The molecule has 0 fully saturated rings. The zero-order valence-electron chi connectivity index (χ0n) is 20.7. The Hall–Kier alpha value is -4.13. The zero-order valence-corrected chi connectivity index (χ0v) is 20.7. The van der Waals surface area contributed by atoms with E-state index in [0.717, 1.165) is 41.7 Å². The summed E-state index contributed by atoms with van der Waals surface area (Å²) in [6.45, 7) is 4.93. The van der Waals surface area contributed by atoms with Crippen LogP contribution >= 0.6 is 0 Å². The Morgan fingerprint density at radius 3 is 2.50 bits per heavy atom. The molecule has 186 valence electrons. The van der Waals surface area contributed by atoms with E-state index in [1.807, 2.05) is 67.6 Å². The van der Waals surface area contributed by atoms with Gasteiger partial charge < -0.3 is 19.1 Å². The fourth-order valence-corrected chi connectivity index (χ4v) is 3.92. The lowest BCUT2D eigenvalue weighted by atomic mass is 10.2. The molecular formula is C29H31N3O4. The number of hydrogen-bond donors (Lipinski definition) is 1. The second kappa shape index (κ2) is 12.0. The average Bonchev–Trinajstić information content (AvgIpc) is 3.16. The van der Waals surface area contributed by atoms with Gasteiger partial charge in [0.15, 0.2) is 12.3 Å². The Bertz CT molecular complexity index is 1340. The number of amides is 1. The topological polar surface area (TPSA) is 85.4 Å². The molecule has 0 radical (unpaired) electrons. The van der Waals surface area contributed by atoms with Gasteiger partial charge in [-0.2, -0.15) is 0 Å². The first kappa shape index (κ1) is 25.0. The van der Waals surface area contributed by atoms with Crippen LogP contribution < -0.4 is 9.47 Å². The Balaban J connectivity index is 1.53. The van der Waals surface area contributed by atoms with Crippen LogP contribution in [0.3, 0.4) is 0 Å². The number of aryl methyl sites for hydroxylation is 1.